The number of nitrogens with zero attached hydrogens (tertiary/aromatic N) is 4. The summed E-state index contributed by atoms with van der Waals surface area (Å²) in [7, 11) is 0. The van der Waals surface area contributed by atoms with Gasteiger partial charge in [0.25, 0.3) is 5.91 Å². The number of benzene rings is 1. The molecule has 114 valence electrons. The van der Waals surface area contributed by atoms with Crippen molar-refractivity contribution in [3.63, 3.8) is 0 Å². The van der Waals surface area contributed by atoms with Gasteiger partial charge in [-0.05, 0) is 37.1 Å². The Hall–Kier alpha value is -2.77. The molecular formula is C14H13FN4O3. The molecule has 1 aliphatic heterocycles. The molecule has 8 heteroatoms. The quantitative estimate of drug-likeness (QED) is 0.917. The van der Waals surface area contributed by atoms with E-state index in [0.29, 0.717) is 25.1 Å². The number of hydrogen-bond acceptors (Lipinski definition) is 4. The Morgan fingerprint density at radius 2 is 2.00 bits per heavy atom. The molecule has 1 amide bonds. The first kappa shape index (κ1) is 14.2. The van der Waals surface area contributed by atoms with Crippen LogP contribution >= 0.6 is 0 Å². The van der Waals surface area contributed by atoms with Gasteiger partial charge in [0.1, 0.15) is 11.9 Å². The van der Waals surface area contributed by atoms with Gasteiger partial charge in [-0.3, -0.25) is 4.79 Å². The van der Waals surface area contributed by atoms with Gasteiger partial charge in [-0.1, -0.05) is 5.21 Å². The van der Waals surface area contributed by atoms with E-state index in [1.807, 2.05) is 0 Å². The predicted molar refractivity (Wildman–Crippen MR) is 73.0 cm³/mol. The number of halogens is 1. The second-order valence-electron chi connectivity index (χ2n) is 5.02. The highest BCUT2D eigenvalue weighted by Gasteiger charge is 2.35. The molecule has 22 heavy (non-hydrogen) atoms. The van der Waals surface area contributed by atoms with Crippen LogP contribution in [0.5, 0.6) is 0 Å². The van der Waals surface area contributed by atoms with E-state index in [4.69, 9.17) is 5.11 Å². The van der Waals surface area contributed by atoms with E-state index in [1.54, 1.807) is 0 Å². The maximum Gasteiger partial charge on any atom is 0.326 e. The summed E-state index contributed by atoms with van der Waals surface area (Å²) in [6, 6.07) is 4.75. The molecule has 0 aliphatic carbocycles. The number of aromatic nitrogens is 3. The minimum Gasteiger partial charge on any atom is -0.480 e. The Morgan fingerprint density at radius 3 is 2.68 bits per heavy atom. The van der Waals surface area contributed by atoms with Gasteiger partial charge in [0.05, 0.1) is 11.9 Å². The molecule has 0 saturated carbocycles. The summed E-state index contributed by atoms with van der Waals surface area (Å²) < 4.78 is 14.2. The molecule has 2 aromatic rings. The summed E-state index contributed by atoms with van der Waals surface area (Å²) in [5, 5.41) is 16.7. The number of aliphatic carboxylic acids is 1. The number of hydrogen-bond donors (Lipinski definition) is 1. The van der Waals surface area contributed by atoms with Crippen LogP contribution in [-0.4, -0.2) is 49.5 Å². The van der Waals surface area contributed by atoms with Gasteiger partial charge >= 0.3 is 5.97 Å². The molecule has 0 unspecified atom stereocenters. The molecular weight excluding hydrogens is 291 g/mol. The van der Waals surface area contributed by atoms with Crippen LogP contribution in [0.25, 0.3) is 5.69 Å². The number of rotatable bonds is 3. The zero-order chi connectivity index (χ0) is 15.7. The molecule has 1 aromatic heterocycles. The molecule has 0 radical (unpaired) electrons. The van der Waals surface area contributed by atoms with Crippen molar-refractivity contribution in [2.75, 3.05) is 6.54 Å². The van der Waals surface area contributed by atoms with Gasteiger partial charge in [0, 0.05) is 6.54 Å². The highest BCUT2D eigenvalue weighted by Crippen LogP contribution is 2.20. The maximum absolute atomic E-state index is 12.9. The van der Waals surface area contributed by atoms with Crippen LogP contribution in [0.4, 0.5) is 4.39 Å². The van der Waals surface area contributed by atoms with E-state index in [-0.39, 0.29) is 11.5 Å². The van der Waals surface area contributed by atoms with Gasteiger partial charge in [-0.25, -0.2) is 13.9 Å². The van der Waals surface area contributed by atoms with E-state index < -0.39 is 17.9 Å². The molecule has 0 bridgehead atoms. The van der Waals surface area contributed by atoms with Crippen LogP contribution in [0.15, 0.2) is 30.5 Å². The third kappa shape index (κ3) is 2.54. The van der Waals surface area contributed by atoms with Crippen molar-refractivity contribution in [3.8, 4) is 5.69 Å². The second kappa shape index (κ2) is 5.55. The lowest BCUT2D eigenvalue weighted by atomic mass is 10.2. The van der Waals surface area contributed by atoms with Crippen molar-refractivity contribution < 1.29 is 19.1 Å². The van der Waals surface area contributed by atoms with Gasteiger partial charge in [0.2, 0.25) is 0 Å². The summed E-state index contributed by atoms with van der Waals surface area (Å²) >= 11 is 0. The summed E-state index contributed by atoms with van der Waals surface area (Å²) in [5.41, 5.74) is 0.627. The molecule has 3 rings (SSSR count). The minimum absolute atomic E-state index is 0.0671. The van der Waals surface area contributed by atoms with Crippen molar-refractivity contribution in [2.45, 2.75) is 18.9 Å². The smallest absolute Gasteiger partial charge is 0.326 e. The Morgan fingerprint density at radius 1 is 1.27 bits per heavy atom. The number of carbonyl (C=O) groups excluding carboxylic acids is 1. The Balaban J connectivity index is 1.82. The second-order valence-corrected chi connectivity index (χ2v) is 5.02. The lowest BCUT2D eigenvalue weighted by Gasteiger charge is -2.19. The van der Waals surface area contributed by atoms with Crippen molar-refractivity contribution in [1.29, 1.82) is 0 Å². The molecule has 1 saturated heterocycles. The third-order valence-corrected chi connectivity index (χ3v) is 3.60. The molecule has 0 spiro atoms. The van der Waals surface area contributed by atoms with Crippen LogP contribution in [-0.2, 0) is 4.79 Å². The van der Waals surface area contributed by atoms with Gasteiger partial charge in [0.15, 0.2) is 5.69 Å². The largest absolute Gasteiger partial charge is 0.480 e. The first-order valence-corrected chi connectivity index (χ1v) is 6.78. The minimum atomic E-state index is -1.02. The maximum atomic E-state index is 12.9. The normalized spacial score (nSPS) is 17.7. The number of likely N-dealkylation sites (tertiary alicyclic amines) is 1. The van der Waals surface area contributed by atoms with Crippen LogP contribution in [0.2, 0.25) is 0 Å². The fourth-order valence-electron chi connectivity index (χ4n) is 2.50. The zero-order valence-corrected chi connectivity index (χ0v) is 11.5. The topological polar surface area (TPSA) is 88.3 Å². The third-order valence-electron chi connectivity index (χ3n) is 3.60. The Kier molecular flexibility index (Phi) is 3.58. The summed E-state index contributed by atoms with van der Waals surface area (Å²) in [6.07, 6.45) is 2.49. The van der Waals surface area contributed by atoms with E-state index in [2.05, 4.69) is 10.3 Å². The monoisotopic (exact) mass is 304 g/mol. The van der Waals surface area contributed by atoms with Gasteiger partial charge < -0.3 is 10.0 Å². The van der Waals surface area contributed by atoms with Gasteiger partial charge in [-0.15, -0.1) is 5.10 Å². The molecule has 1 aromatic carbocycles. The lowest BCUT2D eigenvalue weighted by molar-refractivity contribution is -0.141. The van der Waals surface area contributed by atoms with Crippen molar-refractivity contribution in [2.24, 2.45) is 0 Å². The number of carboxylic acid groups (broad SMARTS) is 1. The van der Waals surface area contributed by atoms with E-state index >= 15 is 0 Å². The predicted octanol–water partition coefficient (Wildman–Crippen LogP) is 1.10. The SMILES string of the molecule is O=C(O)[C@@H]1CCCN1C(=O)c1cn(-c2ccc(F)cc2)nn1. The standard InChI is InChI=1S/C14H13FN4O3/c15-9-3-5-10(6-4-9)19-8-11(16-17-19)13(20)18-7-1-2-12(18)14(21)22/h3-6,8,12H,1-2,7H2,(H,21,22)/t12-/m0/s1. The zero-order valence-electron chi connectivity index (χ0n) is 11.5. The van der Waals surface area contributed by atoms with Crippen molar-refractivity contribution in [3.05, 3.63) is 42.0 Å². The molecule has 1 aliphatic rings. The highest BCUT2D eigenvalue weighted by molar-refractivity contribution is 5.95. The first-order valence-electron chi connectivity index (χ1n) is 6.78. The van der Waals surface area contributed by atoms with E-state index in [0.717, 1.165) is 0 Å². The molecule has 1 fully saturated rings. The summed E-state index contributed by atoms with van der Waals surface area (Å²) in [5.74, 6) is -1.85. The number of amides is 1. The van der Waals surface area contributed by atoms with Crippen LogP contribution in [0.3, 0.4) is 0 Å². The molecule has 1 N–H and O–H groups in total. The summed E-state index contributed by atoms with van der Waals surface area (Å²) in [6.45, 7) is 0.388. The van der Waals surface area contributed by atoms with Crippen molar-refractivity contribution >= 4 is 11.9 Å². The van der Waals surface area contributed by atoms with Gasteiger partial charge in [-0.2, -0.15) is 0 Å². The lowest BCUT2D eigenvalue weighted by Crippen LogP contribution is -2.40. The summed E-state index contributed by atoms with van der Waals surface area (Å²) in [4.78, 5) is 24.8. The van der Waals surface area contributed by atoms with Crippen LogP contribution < -0.4 is 0 Å². The Labute approximate surface area is 125 Å². The average Bonchev–Trinajstić information content (AvgIpc) is 3.17. The first-order chi connectivity index (χ1) is 10.6. The fourth-order valence-corrected chi connectivity index (χ4v) is 2.50. The van der Waals surface area contributed by atoms with Crippen molar-refractivity contribution in [1.82, 2.24) is 19.9 Å². The fraction of sp³-hybridized carbons (Fsp3) is 0.286. The van der Waals surface area contributed by atoms with Crippen LogP contribution in [0, 0.1) is 5.82 Å². The number of carbonyl (C=O) groups is 2. The molecule has 2 heterocycles. The molecule has 1 atom stereocenters. The van der Waals surface area contributed by atoms with E-state index in [9.17, 15) is 14.0 Å². The highest BCUT2D eigenvalue weighted by atomic mass is 19.1. The number of carboxylic acids is 1. The molecule has 7 nitrogen and oxygen atoms in total. The Bertz CT molecular complexity index is 713. The van der Waals surface area contributed by atoms with E-state index in [1.165, 1.54) is 40.0 Å². The average molecular weight is 304 g/mol. The van der Waals surface area contributed by atoms with Crippen LogP contribution in [0.1, 0.15) is 23.3 Å².